The average molecular weight is 368 g/mol. The van der Waals surface area contributed by atoms with Crippen LogP contribution < -0.4 is 10.9 Å². The molecule has 1 saturated heterocycles. The molecule has 1 atom stereocenters. The smallest absolute Gasteiger partial charge is 0.410 e. The van der Waals surface area contributed by atoms with Crippen LogP contribution in [0.2, 0.25) is 5.02 Å². The van der Waals surface area contributed by atoms with Gasteiger partial charge in [-0.3, -0.25) is 25.3 Å². The number of likely N-dealkylation sites (tertiary alicyclic amines) is 1. The molecule has 136 valence electrons. The van der Waals surface area contributed by atoms with Crippen LogP contribution in [0.1, 0.15) is 44.0 Å². The van der Waals surface area contributed by atoms with Crippen molar-refractivity contribution in [3.63, 3.8) is 0 Å². The van der Waals surface area contributed by atoms with Crippen LogP contribution >= 0.6 is 11.6 Å². The Labute approximate surface area is 151 Å². The Kier molecular flexibility index (Phi) is 5.89. The van der Waals surface area contributed by atoms with Crippen molar-refractivity contribution in [3.05, 3.63) is 34.9 Å². The second kappa shape index (κ2) is 7.74. The van der Waals surface area contributed by atoms with E-state index in [9.17, 15) is 14.4 Å². The lowest BCUT2D eigenvalue weighted by atomic mass is 10.2. The Balaban J connectivity index is 1.92. The summed E-state index contributed by atoms with van der Waals surface area (Å²) in [7, 11) is 0. The quantitative estimate of drug-likeness (QED) is 0.786. The second-order valence-corrected chi connectivity index (χ2v) is 7.22. The van der Waals surface area contributed by atoms with Gasteiger partial charge in [0, 0.05) is 17.1 Å². The van der Waals surface area contributed by atoms with Crippen molar-refractivity contribution in [2.24, 2.45) is 0 Å². The molecule has 3 amide bonds. The fraction of sp³-hybridized carbons (Fsp3) is 0.471. The van der Waals surface area contributed by atoms with Crippen molar-refractivity contribution in [3.8, 4) is 0 Å². The molecule has 0 aliphatic carbocycles. The van der Waals surface area contributed by atoms with Crippen molar-refractivity contribution in [2.45, 2.75) is 45.3 Å². The third kappa shape index (κ3) is 5.35. The van der Waals surface area contributed by atoms with Crippen molar-refractivity contribution in [2.75, 3.05) is 6.54 Å². The number of carbonyl (C=O) groups is 3. The van der Waals surface area contributed by atoms with E-state index in [1.165, 1.54) is 4.90 Å². The molecule has 2 N–H and O–H groups in total. The number of nitrogens with one attached hydrogen (secondary N) is 2. The van der Waals surface area contributed by atoms with Crippen LogP contribution in [0.25, 0.3) is 0 Å². The molecular weight excluding hydrogens is 346 g/mol. The minimum absolute atomic E-state index is 0.361. The molecule has 7 nitrogen and oxygen atoms in total. The summed E-state index contributed by atoms with van der Waals surface area (Å²) in [5.74, 6) is -0.919. The van der Waals surface area contributed by atoms with E-state index in [1.807, 2.05) is 0 Å². The molecule has 0 radical (unpaired) electrons. The van der Waals surface area contributed by atoms with Crippen molar-refractivity contribution in [1.82, 2.24) is 15.8 Å². The molecule has 0 aromatic heterocycles. The average Bonchev–Trinajstić information content (AvgIpc) is 3.01. The first-order valence-corrected chi connectivity index (χ1v) is 8.40. The third-order valence-corrected chi connectivity index (χ3v) is 3.84. The number of amides is 3. The minimum atomic E-state index is -0.666. The van der Waals surface area contributed by atoms with Crippen LogP contribution in [-0.4, -0.2) is 41.0 Å². The van der Waals surface area contributed by atoms with E-state index in [1.54, 1.807) is 45.0 Å². The first kappa shape index (κ1) is 19.1. The minimum Gasteiger partial charge on any atom is -0.444 e. The lowest BCUT2D eigenvalue weighted by Crippen LogP contribution is -2.52. The molecule has 1 unspecified atom stereocenters. The molecule has 1 aliphatic heterocycles. The summed E-state index contributed by atoms with van der Waals surface area (Å²) in [6, 6.07) is 5.60. The zero-order chi connectivity index (χ0) is 18.6. The fourth-order valence-electron chi connectivity index (χ4n) is 2.45. The Morgan fingerprint density at radius 3 is 2.40 bits per heavy atom. The predicted octanol–water partition coefficient (Wildman–Crippen LogP) is 2.50. The fourth-order valence-corrected chi connectivity index (χ4v) is 2.58. The van der Waals surface area contributed by atoms with E-state index in [0.29, 0.717) is 30.0 Å². The van der Waals surface area contributed by atoms with Gasteiger partial charge >= 0.3 is 6.09 Å². The molecule has 0 saturated carbocycles. The van der Waals surface area contributed by atoms with Gasteiger partial charge in [-0.15, -0.1) is 0 Å². The van der Waals surface area contributed by atoms with E-state index in [0.717, 1.165) is 0 Å². The van der Waals surface area contributed by atoms with Gasteiger partial charge in [-0.1, -0.05) is 11.6 Å². The van der Waals surface area contributed by atoms with Gasteiger partial charge in [-0.25, -0.2) is 4.79 Å². The molecule has 2 rings (SSSR count). The van der Waals surface area contributed by atoms with Crippen molar-refractivity contribution >= 4 is 29.5 Å². The summed E-state index contributed by atoms with van der Waals surface area (Å²) in [5, 5.41) is 0.513. The molecule has 1 heterocycles. The largest absolute Gasteiger partial charge is 0.444 e. The monoisotopic (exact) mass is 367 g/mol. The highest BCUT2D eigenvalue weighted by atomic mass is 35.5. The number of halogens is 1. The number of hydrogen-bond acceptors (Lipinski definition) is 4. The summed E-state index contributed by atoms with van der Waals surface area (Å²) in [4.78, 5) is 37.9. The van der Waals surface area contributed by atoms with E-state index in [4.69, 9.17) is 16.3 Å². The first-order valence-electron chi connectivity index (χ1n) is 8.03. The topological polar surface area (TPSA) is 87.7 Å². The molecule has 0 bridgehead atoms. The van der Waals surface area contributed by atoms with E-state index in [2.05, 4.69) is 10.9 Å². The first-order chi connectivity index (χ1) is 11.7. The third-order valence-electron chi connectivity index (χ3n) is 3.59. The molecule has 1 aliphatic rings. The van der Waals surface area contributed by atoms with Crippen LogP contribution in [0.3, 0.4) is 0 Å². The van der Waals surface area contributed by atoms with Gasteiger partial charge < -0.3 is 4.74 Å². The van der Waals surface area contributed by atoms with Gasteiger partial charge in [-0.2, -0.15) is 0 Å². The summed E-state index contributed by atoms with van der Waals surface area (Å²) in [6.07, 6.45) is 0.679. The lowest BCUT2D eigenvalue weighted by molar-refractivity contribution is -0.126. The summed E-state index contributed by atoms with van der Waals surface area (Å²) in [5.41, 5.74) is 4.43. The van der Waals surface area contributed by atoms with Crippen molar-refractivity contribution < 1.29 is 19.1 Å². The van der Waals surface area contributed by atoms with Gasteiger partial charge in [0.25, 0.3) is 11.8 Å². The summed E-state index contributed by atoms with van der Waals surface area (Å²) >= 11 is 5.77. The Hall–Kier alpha value is -2.28. The molecule has 1 aromatic carbocycles. The zero-order valence-corrected chi connectivity index (χ0v) is 15.2. The highest BCUT2D eigenvalue weighted by Gasteiger charge is 2.36. The summed E-state index contributed by atoms with van der Waals surface area (Å²) < 4.78 is 5.32. The molecular formula is C17H22ClN3O4. The van der Waals surface area contributed by atoms with Crippen LogP contribution in [0.4, 0.5) is 4.79 Å². The van der Waals surface area contributed by atoms with Crippen LogP contribution in [0.5, 0.6) is 0 Å². The maximum Gasteiger partial charge on any atom is 0.410 e. The number of ether oxygens (including phenoxy) is 1. The SMILES string of the molecule is CC(C)(C)OC(=O)N1CCCC1C(=O)NNC(=O)c1ccc(Cl)cc1. The lowest BCUT2D eigenvalue weighted by Gasteiger charge is -2.28. The maximum absolute atomic E-state index is 12.3. The zero-order valence-electron chi connectivity index (χ0n) is 14.5. The number of hydrazine groups is 1. The van der Waals surface area contributed by atoms with E-state index >= 15 is 0 Å². The number of rotatable bonds is 2. The highest BCUT2D eigenvalue weighted by Crippen LogP contribution is 2.20. The van der Waals surface area contributed by atoms with Crippen LogP contribution in [0.15, 0.2) is 24.3 Å². The van der Waals surface area contributed by atoms with Crippen LogP contribution in [0, 0.1) is 0 Å². The van der Waals surface area contributed by atoms with Crippen LogP contribution in [-0.2, 0) is 9.53 Å². The second-order valence-electron chi connectivity index (χ2n) is 6.78. The molecule has 1 aromatic rings. The molecule has 25 heavy (non-hydrogen) atoms. The van der Waals surface area contributed by atoms with Gasteiger partial charge in [0.15, 0.2) is 0 Å². The number of benzene rings is 1. The van der Waals surface area contributed by atoms with Gasteiger partial charge in [0.2, 0.25) is 0 Å². The molecule has 0 spiro atoms. The Bertz CT molecular complexity index is 655. The summed E-state index contributed by atoms with van der Waals surface area (Å²) in [6.45, 7) is 5.74. The van der Waals surface area contributed by atoms with E-state index in [-0.39, 0.29) is 0 Å². The maximum atomic E-state index is 12.3. The number of hydrogen-bond donors (Lipinski definition) is 2. The number of carbonyl (C=O) groups excluding carboxylic acids is 3. The van der Waals surface area contributed by atoms with Gasteiger partial charge in [-0.05, 0) is 57.9 Å². The Morgan fingerprint density at radius 1 is 1.16 bits per heavy atom. The van der Waals surface area contributed by atoms with Gasteiger partial charge in [0.1, 0.15) is 11.6 Å². The standard InChI is InChI=1S/C17H22ClN3O4/c1-17(2,3)25-16(24)21-10-4-5-13(21)15(23)20-19-14(22)11-6-8-12(18)9-7-11/h6-9,13H,4-5,10H2,1-3H3,(H,19,22)(H,20,23). The molecule has 8 heteroatoms. The predicted molar refractivity (Wildman–Crippen MR) is 93.0 cm³/mol. The normalized spacial score (nSPS) is 17.1. The van der Waals surface area contributed by atoms with E-state index < -0.39 is 29.6 Å². The molecule has 1 fully saturated rings. The number of nitrogens with zero attached hydrogens (tertiary/aromatic N) is 1. The Morgan fingerprint density at radius 2 is 1.80 bits per heavy atom. The van der Waals surface area contributed by atoms with Crippen molar-refractivity contribution in [1.29, 1.82) is 0 Å². The highest BCUT2D eigenvalue weighted by molar-refractivity contribution is 6.30. The van der Waals surface area contributed by atoms with Gasteiger partial charge in [0.05, 0.1) is 0 Å².